The quantitative estimate of drug-likeness (QED) is 0.724. The van der Waals surface area contributed by atoms with Crippen molar-refractivity contribution in [2.45, 2.75) is 24.0 Å². The summed E-state index contributed by atoms with van der Waals surface area (Å²) in [5.74, 6) is -0.585. The number of carbonyl (C=O) groups excluding carboxylic acids is 3. The molecule has 0 unspecified atom stereocenters. The van der Waals surface area contributed by atoms with Gasteiger partial charge in [-0.1, -0.05) is 0 Å². The van der Waals surface area contributed by atoms with Crippen molar-refractivity contribution in [2.75, 3.05) is 5.32 Å². The molecule has 1 atom stereocenters. The van der Waals surface area contributed by atoms with E-state index in [0.29, 0.717) is 5.69 Å². The van der Waals surface area contributed by atoms with Gasteiger partial charge in [-0.15, -0.1) is 11.8 Å². The Balaban J connectivity index is 2.59. The minimum atomic E-state index is -0.863. The van der Waals surface area contributed by atoms with Crippen molar-refractivity contribution in [3.8, 4) is 0 Å². The van der Waals surface area contributed by atoms with Gasteiger partial charge in [0.05, 0.1) is 5.25 Å². The number of nitrogens with one attached hydrogen (secondary N) is 2. The highest BCUT2D eigenvalue weighted by atomic mass is 32.2. The molecular formula is C12H15N3O3S. The fraction of sp³-hybridized carbons (Fsp3) is 0.250. The number of hydrogen-bond donors (Lipinski definition) is 3. The SMILES string of the molecule is CC(=O)Nc1ccc(S[C@H](C)C(=O)NC(N)=O)cc1. The first-order valence-electron chi connectivity index (χ1n) is 5.53. The van der Waals surface area contributed by atoms with Gasteiger partial charge in [-0.25, -0.2) is 4.79 Å². The number of urea groups is 1. The van der Waals surface area contributed by atoms with E-state index in [-0.39, 0.29) is 5.91 Å². The van der Waals surface area contributed by atoms with Crippen molar-refractivity contribution >= 4 is 35.3 Å². The van der Waals surface area contributed by atoms with E-state index >= 15 is 0 Å². The molecule has 0 spiro atoms. The molecule has 0 radical (unpaired) electrons. The number of imide groups is 1. The van der Waals surface area contributed by atoms with Gasteiger partial charge in [-0.3, -0.25) is 14.9 Å². The zero-order valence-corrected chi connectivity index (χ0v) is 11.4. The predicted molar refractivity (Wildman–Crippen MR) is 73.8 cm³/mol. The van der Waals surface area contributed by atoms with Crippen molar-refractivity contribution in [3.05, 3.63) is 24.3 Å². The fourth-order valence-electron chi connectivity index (χ4n) is 1.30. The highest BCUT2D eigenvalue weighted by Gasteiger charge is 2.15. The molecular weight excluding hydrogens is 266 g/mol. The molecule has 1 aromatic carbocycles. The van der Waals surface area contributed by atoms with Crippen LogP contribution in [0, 0.1) is 0 Å². The molecule has 0 aliphatic carbocycles. The summed E-state index contributed by atoms with van der Waals surface area (Å²) in [6, 6.07) is 6.18. The van der Waals surface area contributed by atoms with E-state index in [4.69, 9.17) is 5.73 Å². The van der Waals surface area contributed by atoms with E-state index in [0.717, 1.165) is 4.90 Å². The number of primary amides is 1. The number of anilines is 1. The number of hydrogen-bond acceptors (Lipinski definition) is 4. The predicted octanol–water partition coefficient (Wildman–Crippen LogP) is 1.32. The van der Waals surface area contributed by atoms with Gasteiger partial charge in [-0.05, 0) is 31.2 Å². The highest BCUT2D eigenvalue weighted by Crippen LogP contribution is 2.24. The molecule has 0 aliphatic rings. The van der Waals surface area contributed by atoms with Crippen LogP contribution in [-0.4, -0.2) is 23.1 Å². The van der Waals surface area contributed by atoms with Crippen LogP contribution >= 0.6 is 11.8 Å². The monoisotopic (exact) mass is 281 g/mol. The Kier molecular flexibility index (Phi) is 5.37. The molecule has 6 nitrogen and oxygen atoms in total. The van der Waals surface area contributed by atoms with E-state index in [9.17, 15) is 14.4 Å². The third-order valence-corrected chi connectivity index (χ3v) is 3.22. The van der Waals surface area contributed by atoms with Crippen molar-refractivity contribution < 1.29 is 14.4 Å². The summed E-state index contributed by atoms with van der Waals surface area (Å²) in [4.78, 5) is 33.7. The first-order valence-corrected chi connectivity index (χ1v) is 6.41. The number of amides is 4. The molecule has 1 rings (SSSR count). The van der Waals surface area contributed by atoms with Crippen LogP contribution in [0.3, 0.4) is 0 Å². The molecule has 0 aromatic heterocycles. The third kappa shape index (κ3) is 5.43. The van der Waals surface area contributed by atoms with Crippen LogP contribution in [0.15, 0.2) is 29.2 Å². The third-order valence-electron chi connectivity index (χ3n) is 2.10. The van der Waals surface area contributed by atoms with E-state index < -0.39 is 17.2 Å². The Labute approximate surface area is 115 Å². The summed E-state index contributed by atoms with van der Waals surface area (Å²) in [5, 5.41) is 4.22. The average molecular weight is 281 g/mol. The Morgan fingerprint density at radius 1 is 1.21 bits per heavy atom. The molecule has 0 heterocycles. The molecule has 1 aromatic rings. The van der Waals surface area contributed by atoms with Crippen molar-refractivity contribution in [1.82, 2.24) is 5.32 Å². The maximum absolute atomic E-state index is 11.5. The molecule has 0 fully saturated rings. The number of rotatable bonds is 4. The van der Waals surface area contributed by atoms with E-state index in [1.54, 1.807) is 31.2 Å². The Morgan fingerprint density at radius 2 is 1.79 bits per heavy atom. The standard InChI is InChI=1S/C12H15N3O3S/c1-7(11(17)15-12(13)18)19-10-5-3-9(4-6-10)14-8(2)16/h3-7H,1-2H3,(H,14,16)(H3,13,15,17,18)/t7-/m1/s1. The second-order valence-electron chi connectivity index (χ2n) is 3.82. The summed E-state index contributed by atoms with van der Waals surface area (Å²) in [7, 11) is 0. The molecule has 7 heteroatoms. The van der Waals surface area contributed by atoms with E-state index in [2.05, 4.69) is 5.32 Å². The highest BCUT2D eigenvalue weighted by molar-refractivity contribution is 8.00. The summed E-state index contributed by atoms with van der Waals surface area (Å²) >= 11 is 1.29. The van der Waals surface area contributed by atoms with Gasteiger partial charge in [0.15, 0.2) is 0 Å². The van der Waals surface area contributed by atoms with Crippen molar-refractivity contribution in [2.24, 2.45) is 5.73 Å². The lowest BCUT2D eigenvalue weighted by Gasteiger charge is -2.10. The van der Waals surface area contributed by atoms with Gasteiger partial charge in [0.2, 0.25) is 11.8 Å². The Morgan fingerprint density at radius 3 is 2.26 bits per heavy atom. The summed E-state index contributed by atoms with van der Waals surface area (Å²) < 4.78 is 0. The minimum Gasteiger partial charge on any atom is -0.351 e. The van der Waals surface area contributed by atoms with Crippen LogP contribution in [0.2, 0.25) is 0 Å². The topological polar surface area (TPSA) is 101 Å². The number of nitrogens with two attached hydrogens (primary N) is 1. The molecule has 102 valence electrons. The molecule has 4 amide bonds. The number of benzene rings is 1. The van der Waals surface area contributed by atoms with Crippen molar-refractivity contribution in [1.29, 1.82) is 0 Å². The van der Waals surface area contributed by atoms with Crippen molar-refractivity contribution in [3.63, 3.8) is 0 Å². The first-order chi connectivity index (χ1) is 8.88. The Bertz CT molecular complexity index is 487. The summed E-state index contributed by atoms with van der Waals surface area (Å²) in [5.41, 5.74) is 5.56. The van der Waals surface area contributed by atoms with Crippen LogP contribution in [0.25, 0.3) is 0 Å². The molecule has 19 heavy (non-hydrogen) atoms. The first kappa shape index (κ1) is 15.0. The fourth-order valence-corrected chi connectivity index (χ4v) is 2.17. The summed E-state index contributed by atoms with van der Waals surface area (Å²) in [6.45, 7) is 3.10. The van der Waals surface area contributed by atoms with Crippen LogP contribution in [0.4, 0.5) is 10.5 Å². The zero-order valence-electron chi connectivity index (χ0n) is 10.6. The van der Waals surface area contributed by atoms with E-state index in [1.165, 1.54) is 18.7 Å². The second-order valence-corrected chi connectivity index (χ2v) is 5.23. The molecule has 0 aliphatic heterocycles. The lowest BCUT2D eigenvalue weighted by atomic mass is 10.3. The zero-order chi connectivity index (χ0) is 14.4. The lowest BCUT2D eigenvalue weighted by molar-refractivity contribution is -0.119. The van der Waals surface area contributed by atoms with Gasteiger partial charge in [-0.2, -0.15) is 0 Å². The van der Waals surface area contributed by atoms with Crippen LogP contribution in [0.1, 0.15) is 13.8 Å². The normalized spacial score (nSPS) is 11.5. The number of carbonyl (C=O) groups is 3. The lowest BCUT2D eigenvalue weighted by Crippen LogP contribution is -2.39. The maximum Gasteiger partial charge on any atom is 0.318 e. The van der Waals surface area contributed by atoms with Crippen LogP contribution < -0.4 is 16.4 Å². The largest absolute Gasteiger partial charge is 0.351 e. The van der Waals surface area contributed by atoms with E-state index in [1.807, 2.05) is 5.32 Å². The van der Waals surface area contributed by atoms with Gasteiger partial charge < -0.3 is 11.1 Å². The molecule has 4 N–H and O–H groups in total. The Hall–Kier alpha value is -2.02. The van der Waals surface area contributed by atoms with Gasteiger partial charge in [0.1, 0.15) is 0 Å². The number of thioether (sulfide) groups is 1. The smallest absolute Gasteiger partial charge is 0.318 e. The molecule has 0 saturated carbocycles. The molecule has 0 bridgehead atoms. The van der Waals surface area contributed by atoms with Crippen LogP contribution in [0.5, 0.6) is 0 Å². The second kappa shape index (κ2) is 6.79. The van der Waals surface area contributed by atoms with Gasteiger partial charge in [0.25, 0.3) is 0 Å². The molecule has 0 saturated heterocycles. The minimum absolute atomic E-state index is 0.144. The van der Waals surface area contributed by atoms with Gasteiger partial charge >= 0.3 is 6.03 Å². The summed E-state index contributed by atoms with van der Waals surface area (Å²) in [6.07, 6.45) is 0. The van der Waals surface area contributed by atoms with Crippen LogP contribution in [-0.2, 0) is 9.59 Å². The van der Waals surface area contributed by atoms with Gasteiger partial charge in [0, 0.05) is 17.5 Å². The average Bonchev–Trinajstić information content (AvgIpc) is 2.30. The maximum atomic E-state index is 11.5.